The quantitative estimate of drug-likeness (QED) is 0.393. The summed E-state index contributed by atoms with van der Waals surface area (Å²) in [5.74, 6) is -1.69. The van der Waals surface area contributed by atoms with Crippen LogP contribution in [0.1, 0.15) is 46.8 Å². The van der Waals surface area contributed by atoms with E-state index in [-0.39, 0.29) is 31.9 Å². The molecule has 1 unspecified atom stereocenters. The van der Waals surface area contributed by atoms with Gasteiger partial charge in [-0.05, 0) is 35.1 Å². The van der Waals surface area contributed by atoms with E-state index >= 15 is 0 Å². The molecule has 1 aliphatic rings. The van der Waals surface area contributed by atoms with Gasteiger partial charge >= 0.3 is 12.1 Å². The van der Waals surface area contributed by atoms with Crippen LogP contribution in [0.5, 0.6) is 0 Å². The Hall–Kier alpha value is -3.79. The minimum absolute atomic E-state index is 0.0678. The number of fused-ring (bicyclic) bond motifs is 3. The molecular formula is C25H26N4O5S. The minimum Gasteiger partial charge on any atom is -0.481 e. The Kier molecular flexibility index (Phi) is 7.71. The number of hydrogen-bond acceptors (Lipinski definition) is 7. The molecule has 9 nitrogen and oxygen atoms in total. The Labute approximate surface area is 206 Å². The molecule has 3 N–H and O–H groups in total. The Bertz CT molecular complexity index is 1180. The fourth-order valence-corrected chi connectivity index (χ4v) is 4.83. The topological polar surface area (TPSA) is 131 Å². The van der Waals surface area contributed by atoms with Crippen molar-refractivity contribution in [1.82, 2.24) is 20.8 Å². The zero-order chi connectivity index (χ0) is 24.8. The number of ether oxygens (including phenoxy) is 1. The van der Waals surface area contributed by atoms with Crippen LogP contribution in [0.4, 0.5) is 4.79 Å². The summed E-state index contributed by atoms with van der Waals surface area (Å²) in [6, 6.07) is 14.9. The number of aliphatic carboxylic acids is 1. The molecule has 1 heterocycles. The van der Waals surface area contributed by atoms with Crippen molar-refractivity contribution in [3.05, 3.63) is 69.7 Å². The molecule has 0 bridgehead atoms. The molecule has 2 aromatic carbocycles. The van der Waals surface area contributed by atoms with Gasteiger partial charge in [-0.25, -0.2) is 4.79 Å². The van der Waals surface area contributed by atoms with Crippen molar-refractivity contribution in [2.45, 2.75) is 44.7 Å². The van der Waals surface area contributed by atoms with Crippen molar-refractivity contribution in [3.8, 4) is 11.1 Å². The summed E-state index contributed by atoms with van der Waals surface area (Å²) in [6.45, 7) is 2.20. The third-order valence-corrected chi connectivity index (χ3v) is 6.89. The molecule has 182 valence electrons. The second-order valence-corrected chi connectivity index (χ2v) is 9.26. The van der Waals surface area contributed by atoms with Gasteiger partial charge in [0.05, 0.1) is 6.54 Å². The summed E-state index contributed by atoms with van der Waals surface area (Å²) in [4.78, 5) is 36.4. The van der Waals surface area contributed by atoms with E-state index in [1.165, 1.54) is 11.3 Å². The number of nitrogens with one attached hydrogen (secondary N) is 2. The van der Waals surface area contributed by atoms with Gasteiger partial charge in [0.25, 0.3) is 0 Å². The number of benzene rings is 2. The van der Waals surface area contributed by atoms with Crippen LogP contribution in [0, 0.1) is 0 Å². The maximum absolute atomic E-state index is 12.7. The first kappa shape index (κ1) is 24.3. The number of carbonyl (C=O) groups is 3. The summed E-state index contributed by atoms with van der Waals surface area (Å²) in [5.41, 5.74) is 4.37. The van der Waals surface area contributed by atoms with Gasteiger partial charge < -0.3 is 20.5 Å². The van der Waals surface area contributed by atoms with Crippen LogP contribution in [-0.4, -0.2) is 45.9 Å². The van der Waals surface area contributed by atoms with E-state index in [0.717, 1.165) is 33.7 Å². The highest BCUT2D eigenvalue weighted by molar-refractivity contribution is 7.11. The highest BCUT2D eigenvalue weighted by Gasteiger charge is 2.30. The average Bonchev–Trinajstić information content (AvgIpc) is 3.46. The third kappa shape index (κ3) is 5.83. The molecule has 10 heteroatoms. The van der Waals surface area contributed by atoms with Crippen LogP contribution < -0.4 is 10.6 Å². The van der Waals surface area contributed by atoms with Crippen molar-refractivity contribution >= 4 is 29.3 Å². The first-order valence-corrected chi connectivity index (χ1v) is 12.2. The molecule has 4 rings (SSSR count). The minimum atomic E-state index is -1.06. The Morgan fingerprint density at radius 1 is 1.03 bits per heavy atom. The molecule has 0 saturated heterocycles. The van der Waals surface area contributed by atoms with Gasteiger partial charge in [-0.15, -0.1) is 10.2 Å². The maximum Gasteiger partial charge on any atom is 0.407 e. The average molecular weight is 495 g/mol. The molecule has 0 spiro atoms. The van der Waals surface area contributed by atoms with Gasteiger partial charge in [0.1, 0.15) is 22.7 Å². The normalized spacial score (nSPS) is 12.9. The standard InChI is InChI=1S/C25H26N4O5S/c1-2-21-28-29-22(35-21)13-26-24(32)20(11-12-23(30)31)27-25(33)34-14-19-17-9-5-3-7-15(17)16-8-4-6-10-18(16)19/h3-10,19-20H,2,11-14H2,1H3,(H,26,32)(H,27,33)(H,30,31). The van der Waals surface area contributed by atoms with Crippen LogP contribution in [0.25, 0.3) is 11.1 Å². The number of rotatable bonds is 10. The third-order valence-electron chi connectivity index (χ3n) is 5.82. The SMILES string of the molecule is CCc1nnc(CNC(=O)C(CCC(=O)O)NC(=O)OCC2c3ccccc3-c3ccccc32)s1. The molecular weight excluding hydrogens is 468 g/mol. The molecule has 0 fully saturated rings. The summed E-state index contributed by atoms with van der Waals surface area (Å²) in [6.07, 6.45) is -0.375. The lowest BCUT2D eigenvalue weighted by Crippen LogP contribution is -2.47. The van der Waals surface area contributed by atoms with E-state index in [1.807, 2.05) is 55.5 Å². The van der Waals surface area contributed by atoms with E-state index in [1.54, 1.807) is 0 Å². The predicted octanol–water partition coefficient (Wildman–Crippen LogP) is 3.49. The number of aryl methyl sites for hydroxylation is 1. The first-order chi connectivity index (χ1) is 17.0. The summed E-state index contributed by atoms with van der Waals surface area (Å²) in [7, 11) is 0. The highest BCUT2D eigenvalue weighted by atomic mass is 32.1. The van der Waals surface area contributed by atoms with E-state index in [2.05, 4.69) is 20.8 Å². The molecule has 35 heavy (non-hydrogen) atoms. The number of nitrogens with zero attached hydrogens (tertiary/aromatic N) is 2. The molecule has 2 amide bonds. The zero-order valence-electron chi connectivity index (χ0n) is 19.2. The summed E-state index contributed by atoms with van der Waals surface area (Å²) in [5, 5.41) is 23.8. The first-order valence-electron chi connectivity index (χ1n) is 11.4. The lowest BCUT2D eigenvalue weighted by Gasteiger charge is -2.19. The van der Waals surface area contributed by atoms with Gasteiger partial charge in [-0.2, -0.15) is 0 Å². The number of carboxylic acid groups (broad SMARTS) is 1. The van der Waals surface area contributed by atoms with Crippen LogP contribution >= 0.6 is 11.3 Å². The van der Waals surface area contributed by atoms with Gasteiger partial charge in [-0.3, -0.25) is 9.59 Å². The van der Waals surface area contributed by atoms with Crippen molar-refractivity contribution in [2.75, 3.05) is 6.61 Å². The second-order valence-electron chi connectivity index (χ2n) is 8.12. The van der Waals surface area contributed by atoms with Gasteiger partial charge in [0, 0.05) is 12.3 Å². The highest BCUT2D eigenvalue weighted by Crippen LogP contribution is 2.44. The van der Waals surface area contributed by atoms with Crippen molar-refractivity contribution in [2.24, 2.45) is 0 Å². The van der Waals surface area contributed by atoms with Gasteiger partial charge in [-0.1, -0.05) is 66.8 Å². The Balaban J connectivity index is 1.38. The molecule has 1 aromatic heterocycles. The van der Waals surface area contributed by atoms with Gasteiger partial charge in [0.15, 0.2) is 0 Å². The lowest BCUT2D eigenvalue weighted by atomic mass is 9.98. The molecule has 0 radical (unpaired) electrons. The number of carbonyl (C=O) groups excluding carboxylic acids is 2. The number of carboxylic acids is 1. The zero-order valence-corrected chi connectivity index (χ0v) is 20.0. The predicted molar refractivity (Wildman–Crippen MR) is 130 cm³/mol. The van der Waals surface area contributed by atoms with Crippen LogP contribution in [0.2, 0.25) is 0 Å². The largest absolute Gasteiger partial charge is 0.481 e. The monoisotopic (exact) mass is 494 g/mol. The summed E-state index contributed by atoms with van der Waals surface area (Å²) < 4.78 is 5.51. The Morgan fingerprint density at radius 3 is 2.26 bits per heavy atom. The molecule has 3 aromatic rings. The van der Waals surface area contributed by atoms with Crippen molar-refractivity contribution in [3.63, 3.8) is 0 Å². The van der Waals surface area contributed by atoms with E-state index in [9.17, 15) is 14.4 Å². The fourth-order valence-electron chi connectivity index (χ4n) is 4.11. The van der Waals surface area contributed by atoms with E-state index in [0.29, 0.717) is 5.01 Å². The van der Waals surface area contributed by atoms with E-state index in [4.69, 9.17) is 9.84 Å². The number of amides is 2. The smallest absolute Gasteiger partial charge is 0.407 e. The van der Waals surface area contributed by atoms with E-state index < -0.39 is 24.0 Å². The van der Waals surface area contributed by atoms with Crippen molar-refractivity contribution in [1.29, 1.82) is 0 Å². The van der Waals surface area contributed by atoms with Crippen LogP contribution in [0.3, 0.4) is 0 Å². The molecule has 0 aliphatic heterocycles. The van der Waals surface area contributed by atoms with Crippen LogP contribution in [0.15, 0.2) is 48.5 Å². The maximum atomic E-state index is 12.7. The molecule has 1 aliphatic carbocycles. The molecule has 1 atom stereocenters. The lowest BCUT2D eigenvalue weighted by molar-refractivity contribution is -0.137. The number of alkyl carbamates (subject to hydrolysis) is 1. The molecule has 0 saturated carbocycles. The number of hydrogen-bond donors (Lipinski definition) is 3. The fraction of sp³-hybridized carbons (Fsp3) is 0.320. The number of aromatic nitrogens is 2. The van der Waals surface area contributed by atoms with Gasteiger partial charge in [0.2, 0.25) is 5.91 Å². The van der Waals surface area contributed by atoms with Crippen molar-refractivity contribution < 1.29 is 24.2 Å². The summed E-state index contributed by atoms with van der Waals surface area (Å²) >= 11 is 1.39. The van der Waals surface area contributed by atoms with Crippen LogP contribution in [-0.2, 0) is 27.3 Å². The Morgan fingerprint density at radius 2 is 1.66 bits per heavy atom. The second kappa shape index (κ2) is 11.1.